The van der Waals surface area contributed by atoms with Gasteiger partial charge >= 0.3 is 0 Å². The first-order chi connectivity index (χ1) is 14.2. The number of nitrogens with two attached hydrogens (primary N) is 1. The molecule has 0 radical (unpaired) electrons. The zero-order valence-electron chi connectivity index (χ0n) is 16.9. The minimum Gasteiger partial charge on any atom is -0.356 e. The second-order valence-electron chi connectivity index (χ2n) is 7.25. The molecule has 0 amide bonds. The summed E-state index contributed by atoms with van der Waals surface area (Å²) < 4.78 is 29.2. The molecule has 2 heterocycles. The van der Waals surface area contributed by atoms with Gasteiger partial charge in [0.2, 0.25) is 0 Å². The summed E-state index contributed by atoms with van der Waals surface area (Å²) in [5, 5.41) is 5.69. The minimum atomic E-state index is -3.40. The zero-order chi connectivity index (χ0) is 21.5. The molecule has 162 valence electrons. The largest absolute Gasteiger partial charge is 0.356 e. The van der Waals surface area contributed by atoms with Crippen molar-refractivity contribution >= 4 is 44.8 Å². The Bertz CT molecular complexity index is 1350. The van der Waals surface area contributed by atoms with Crippen molar-refractivity contribution in [3.63, 3.8) is 0 Å². The Morgan fingerprint density at radius 2 is 1.87 bits per heavy atom. The van der Waals surface area contributed by atoms with Gasteiger partial charge in [0, 0.05) is 46.5 Å². The quantitative estimate of drug-likeness (QED) is 0.437. The molecule has 0 saturated heterocycles. The van der Waals surface area contributed by atoms with Crippen LogP contribution in [-0.2, 0) is 16.3 Å². The van der Waals surface area contributed by atoms with E-state index in [-0.39, 0.29) is 17.4 Å². The lowest BCUT2D eigenvalue weighted by Crippen LogP contribution is -2.17. The molecule has 1 unspecified atom stereocenters. The molecular weight excluding hydrogens is 457 g/mol. The molecule has 1 atom stereocenters. The molecule has 0 spiro atoms. The van der Waals surface area contributed by atoms with Gasteiger partial charge in [-0.05, 0) is 36.2 Å². The van der Waals surface area contributed by atoms with Crippen LogP contribution in [0.3, 0.4) is 0 Å². The van der Waals surface area contributed by atoms with Gasteiger partial charge < -0.3 is 10.3 Å². The number of aryl methyl sites for hydroxylation is 1. The number of pyridine rings is 1. The topological polar surface area (TPSA) is 99.1 Å². The summed E-state index contributed by atoms with van der Waals surface area (Å²) in [6, 6.07) is 15.9. The van der Waals surface area contributed by atoms with Crippen molar-refractivity contribution in [3.8, 4) is 11.3 Å². The van der Waals surface area contributed by atoms with Gasteiger partial charge in [0.15, 0.2) is 20.4 Å². The number of hydrogen-bond acceptors (Lipinski definition) is 6. The molecule has 2 aromatic heterocycles. The van der Waals surface area contributed by atoms with E-state index in [9.17, 15) is 8.42 Å². The molecule has 0 fully saturated rings. The average Bonchev–Trinajstić information content (AvgIpc) is 3.11. The third-order valence-corrected chi connectivity index (χ3v) is 6.24. The third kappa shape index (κ3) is 4.75. The van der Waals surface area contributed by atoms with Crippen LogP contribution >= 0.6 is 24.0 Å². The summed E-state index contributed by atoms with van der Waals surface area (Å²) in [4.78, 5) is 4.34. The smallest absolute Gasteiger partial charge is 0.192 e. The third-order valence-electron chi connectivity index (χ3n) is 5.02. The highest BCUT2D eigenvalue weighted by Gasteiger charge is 2.20. The van der Waals surface area contributed by atoms with Gasteiger partial charge in [-0.3, -0.25) is 0 Å². The zero-order valence-corrected chi connectivity index (χ0v) is 19.3. The van der Waals surface area contributed by atoms with E-state index in [4.69, 9.17) is 21.9 Å². The Morgan fingerprint density at radius 1 is 1.13 bits per heavy atom. The summed E-state index contributed by atoms with van der Waals surface area (Å²) >= 11 is 6.05. The number of benzene rings is 2. The maximum Gasteiger partial charge on any atom is 0.192 e. The fourth-order valence-corrected chi connectivity index (χ4v) is 4.18. The first kappa shape index (κ1) is 23.2. The molecule has 0 saturated carbocycles. The van der Waals surface area contributed by atoms with E-state index in [1.165, 1.54) is 6.07 Å². The Hall–Kier alpha value is -2.45. The van der Waals surface area contributed by atoms with Crippen molar-refractivity contribution < 1.29 is 12.9 Å². The monoisotopic (exact) mass is 477 g/mol. The van der Waals surface area contributed by atoms with Crippen LogP contribution < -0.4 is 5.73 Å². The van der Waals surface area contributed by atoms with Crippen LogP contribution in [0.15, 0.2) is 64.1 Å². The van der Waals surface area contributed by atoms with Crippen molar-refractivity contribution in [1.82, 2.24) is 10.1 Å². The van der Waals surface area contributed by atoms with Gasteiger partial charge in [0.05, 0.1) is 0 Å². The molecule has 6 nitrogen and oxygen atoms in total. The van der Waals surface area contributed by atoms with E-state index in [1.54, 1.807) is 18.2 Å². The summed E-state index contributed by atoms with van der Waals surface area (Å²) in [6.07, 6.45) is 1.53. The maximum absolute atomic E-state index is 11.9. The van der Waals surface area contributed by atoms with Crippen molar-refractivity contribution in [2.45, 2.75) is 24.4 Å². The number of hydrogen-bond donors (Lipinski definition) is 1. The number of aromatic nitrogens is 2. The lowest BCUT2D eigenvalue weighted by Gasteiger charge is -2.17. The summed E-state index contributed by atoms with van der Waals surface area (Å²) in [6.45, 7) is 1.89. The lowest BCUT2D eigenvalue weighted by atomic mass is 9.93. The predicted molar refractivity (Wildman–Crippen MR) is 124 cm³/mol. The molecule has 0 aliphatic carbocycles. The fourth-order valence-electron chi connectivity index (χ4n) is 3.42. The summed E-state index contributed by atoms with van der Waals surface area (Å²) in [5.41, 5.74) is 11.1. The van der Waals surface area contributed by atoms with E-state index in [0.29, 0.717) is 28.4 Å². The van der Waals surface area contributed by atoms with Crippen LogP contribution in [0, 0.1) is 6.92 Å². The number of nitrogens with zero attached hydrogens (tertiary/aromatic N) is 2. The Labute approximate surface area is 191 Å². The molecule has 0 aliphatic heterocycles. The molecule has 2 N–H and O–H groups in total. The van der Waals surface area contributed by atoms with E-state index >= 15 is 0 Å². The van der Waals surface area contributed by atoms with Crippen LogP contribution in [-0.4, -0.2) is 24.8 Å². The lowest BCUT2D eigenvalue weighted by molar-refractivity contribution is 0.459. The second-order valence-corrected chi connectivity index (χ2v) is 9.65. The van der Waals surface area contributed by atoms with Crippen LogP contribution in [0.4, 0.5) is 0 Å². The van der Waals surface area contributed by atoms with Gasteiger partial charge in [-0.15, -0.1) is 12.4 Å². The van der Waals surface area contributed by atoms with Crippen LogP contribution in [0.5, 0.6) is 0 Å². The van der Waals surface area contributed by atoms with Crippen molar-refractivity contribution in [2.24, 2.45) is 5.73 Å². The molecule has 31 heavy (non-hydrogen) atoms. The molecule has 4 rings (SSSR count). The maximum atomic E-state index is 11.9. The van der Waals surface area contributed by atoms with Gasteiger partial charge in [-0.25, -0.2) is 13.4 Å². The van der Waals surface area contributed by atoms with E-state index in [0.717, 1.165) is 28.3 Å². The predicted octanol–water partition coefficient (Wildman–Crippen LogP) is 4.92. The van der Waals surface area contributed by atoms with Gasteiger partial charge in [0.25, 0.3) is 0 Å². The molecule has 9 heteroatoms. The minimum absolute atomic E-state index is 0. The highest BCUT2D eigenvalue weighted by molar-refractivity contribution is 7.90. The standard InChI is InChI=1S/C22H20ClN3O3S.ClH/c1-13-7-10-21(30(2,27)28)25-19(13)12-18(24)15-5-3-4-6-16(15)22-17-9-8-14(23)11-20(17)29-26-22;/h3-11,18H,12,24H2,1-2H3;1H. The van der Waals surface area contributed by atoms with Gasteiger partial charge in [-0.2, -0.15) is 0 Å². The summed E-state index contributed by atoms with van der Waals surface area (Å²) in [7, 11) is -3.40. The SMILES string of the molecule is Cc1ccc(S(C)(=O)=O)nc1CC(N)c1ccccc1-c1noc2cc(Cl)ccc12.Cl. The van der Waals surface area contributed by atoms with Crippen molar-refractivity contribution in [1.29, 1.82) is 0 Å². The normalized spacial score (nSPS) is 12.5. The van der Waals surface area contributed by atoms with Gasteiger partial charge in [0.1, 0.15) is 5.69 Å². The second kappa shape index (κ2) is 8.96. The molecule has 0 aliphatic rings. The fraction of sp³-hybridized carbons (Fsp3) is 0.182. The van der Waals surface area contributed by atoms with E-state index in [2.05, 4.69) is 10.1 Å². The first-order valence-corrected chi connectivity index (χ1v) is 11.6. The number of fused-ring (bicyclic) bond motifs is 1. The highest BCUT2D eigenvalue weighted by Crippen LogP contribution is 2.34. The van der Waals surface area contributed by atoms with Crippen molar-refractivity contribution in [2.75, 3.05) is 6.26 Å². The van der Waals surface area contributed by atoms with Crippen LogP contribution in [0.1, 0.15) is 22.9 Å². The Morgan fingerprint density at radius 3 is 2.61 bits per heavy atom. The molecular formula is C22H21Cl2N3O3S. The average molecular weight is 478 g/mol. The summed E-state index contributed by atoms with van der Waals surface area (Å²) in [5.74, 6) is 0. The molecule has 2 aromatic carbocycles. The Kier molecular flexibility index (Phi) is 6.71. The van der Waals surface area contributed by atoms with Crippen LogP contribution in [0.25, 0.3) is 22.2 Å². The highest BCUT2D eigenvalue weighted by atomic mass is 35.5. The Balaban J connectivity index is 0.00000272. The number of sulfone groups is 1. The number of rotatable bonds is 5. The molecule has 4 aromatic rings. The van der Waals surface area contributed by atoms with Gasteiger partial charge in [-0.1, -0.05) is 47.1 Å². The number of halogens is 2. The molecule has 0 bridgehead atoms. The van der Waals surface area contributed by atoms with E-state index in [1.807, 2.05) is 37.3 Å². The van der Waals surface area contributed by atoms with Crippen LogP contribution in [0.2, 0.25) is 5.02 Å². The van der Waals surface area contributed by atoms with Crippen molar-refractivity contribution in [3.05, 3.63) is 76.4 Å². The first-order valence-electron chi connectivity index (χ1n) is 9.30. The van der Waals surface area contributed by atoms with E-state index < -0.39 is 15.9 Å².